The molecule has 0 amide bonds. The highest BCUT2D eigenvalue weighted by atomic mass is 32.1. The van der Waals surface area contributed by atoms with Crippen LogP contribution in [0.5, 0.6) is 5.75 Å². The van der Waals surface area contributed by atoms with Gasteiger partial charge in [0.1, 0.15) is 10.4 Å². The van der Waals surface area contributed by atoms with E-state index in [2.05, 4.69) is 26.2 Å². The molecule has 0 radical (unpaired) electrons. The van der Waals surface area contributed by atoms with Crippen LogP contribution in [0.3, 0.4) is 0 Å². The van der Waals surface area contributed by atoms with Crippen molar-refractivity contribution in [3.63, 3.8) is 0 Å². The fraction of sp³-hybridized carbons (Fsp3) is 0.172. The lowest BCUT2D eigenvalue weighted by atomic mass is 10.1. The monoisotopic (exact) mass is 616 g/mol. The number of H-pyrrole nitrogens is 1. The maximum Gasteiger partial charge on any atom is 0.451 e. The summed E-state index contributed by atoms with van der Waals surface area (Å²) in [5.41, 5.74) is 0.945. The Hall–Kier alpha value is -5.49. The van der Waals surface area contributed by atoms with E-state index in [4.69, 9.17) is 4.74 Å². The van der Waals surface area contributed by atoms with Crippen molar-refractivity contribution in [2.24, 2.45) is 0 Å². The van der Waals surface area contributed by atoms with Gasteiger partial charge in [0.2, 0.25) is 5.82 Å². The Morgan fingerprint density at radius 3 is 2.68 bits per heavy atom. The van der Waals surface area contributed by atoms with Gasteiger partial charge in [-0.25, -0.2) is 9.36 Å². The molecule has 44 heavy (non-hydrogen) atoms. The maximum absolute atomic E-state index is 13.8. The molecular weight excluding hydrogens is 597 g/mol. The van der Waals surface area contributed by atoms with Crippen LogP contribution in [0.1, 0.15) is 17.2 Å². The lowest BCUT2D eigenvalue weighted by molar-refractivity contribution is -0.147. The first kappa shape index (κ1) is 27.3. The average molecular weight is 617 g/mol. The van der Waals surface area contributed by atoms with E-state index in [9.17, 15) is 28.0 Å². The summed E-state index contributed by atoms with van der Waals surface area (Å²) >= 11 is 1.14. The number of hydrogen-bond acceptors (Lipinski definition) is 9. The van der Waals surface area contributed by atoms with E-state index in [1.807, 2.05) is 4.90 Å². The number of nitriles is 1. The molecule has 5 heterocycles. The van der Waals surface area contributed by atoms with Crippen molar-refractivity contribution >= 4 is 38.0 Å². The minimum absolute atomic E-state index is 0.0374. The summed E-state index contributed by atoms with van der Waals surface area (Å²) in [7, 11) is 1.51. The average Bonchev–Trinajstić information content (AvgIpc) is 3.65. The molecule has 0 spiro atoms. The smallest absolute Gasteiger partial charge is 0.451 e. The molecule has 0 atom stereocenters. The molecule has 220 valence electrons. The van der Waals surface area contributed by atoms with Crippen LogP contribution in [0, 0.1) is 11.3 Å². The van der Waals surface area contributed by atoms with Gasteiger partial charge in [0.15, 0.2) is 5.82 Å². The molecule has 0 fully saturated rings. The number of aromatic nitrogens is 6. The standard InChI is InChI=1S/C29H19F3N8O3S/c1-43-18-5-3-15(11-33)20(9-18)23-10-21-25(44-23)26(41)40(28(42)35-21)22-13-34-12-16-2-4-17(8-19(16)22)38-6-7-39-24(14-38)36-37-27(39)29(30,31)32/h2-5,8-10,12-13H,6-7,14H2,1H3,(H,35,42). The van der Waals surface area contributed by atoms with Crippen LogP contribution in [-0.2, 0) is 19.3 Å². The van der Waals surface area contributed by atoms with Crippen LogP contribution in [0.25, 0.3) is 37.1 Å². The van der Waals surface area contributed by atoms with Gasteiger partial charge >= 0.3 is 11.9 Å². The fourth-order valence-corrected chi connectivity index (χ4v) is 6.48. The number of rotatable bonds is 4. The molecule has 2 aromatic carbocycles. The van der Waals surface area contributed by atoms with Crippen molar-refractivity contribution in [1.82, 2.24) is 29.3 Å². The number of fused-ring (bicyclic) bond motifs is 3. The summed E-state index contributed by atoms with van der Waals surface area (Å²) < 4.78 is 47.6. The molecule has 4 aromatic heterocycles. The fourth-order valence-electron chi connectivity index (χ4n) is 5.41. The first-order valence-corrected chi connectivity index (χ1v) is 14.0. The zero-order chi connectivity index (χ0) is 30.7. The highest BCUT2D eigenvalue weighted by molar-refractivity contribution is 7.22. The molecule has 0 unspecified atom stereocenters. The number of halogens is 3. The first-order chi connectivity index (χ1) is 21.2. The Balaban J connectivity index is 1.32. The molecule has 1 aliphatic heterocycles. The summed E-state index contributed by atoms with van der Waals surface area (Å²) in [5.74, 6) is -0.310. The van der Waals surface area contributed by atoms with Crippen molar-refractivity contribution in [3.8, 4) is 27.9 Å². The zero-order valence-electron chi connectivity index (χ0n) is 22.7. The Bertz CT molecular complexity index is 2280. The Kier molecular flexibility index (Phi) is 6.25. The van der Waals surface area contributed by atoms with E-state index < -0.39 is 23.2 Å². The van der Waals surface area contributed by atoms with Crippen molar-refractivity contribution in [3.05, 3.63) is 92.9 Å². The topological polar surface area (TPSA) is 135 Å². The number of thiophene rings is 1. The predicted molar refractivity (Wildman–Crippen MR) is 156 cm³/mol. The number of hydrogen-bond donors (Lipinski definition) is 1. The van der Waals surface area contributed by atoms with E-state index >= 15 is 0 Å². The van der Waals surface area contributed by atoms with Gasteiger partial charge in [-0.15, -0.1) is 21.5 Å². The van der Waals surface area contributed by atoms with Gasteiger partial charge in [0, 0.05) is 46.2 Å². The van der Waals surface area contributed by atoms with E-state index in [1.54, 1.807) is 48.7 Å². The number of nitrogens with zero attached hydrogens (tertiary/aromatic N) is 7. The number of aromatic amines is 1. The number of methoxy groups -OCH3 is 1. The number of anilines is 1. The molecule has 1 aliphatic rings. The second-order valence-corrected chi connectivity index (χ2v) is 11.1. The molecule has 7 rings (SSSR count). The lowest BCUT2D eigenvalue weighted by Crippen LogP contribution is -2.35. The largest absolute Gasteiger partial charge is 0.497 e. The van der Waals surface area contributed by atoms with Gasteiger partial charge in [-0.05, 0) is 36.4 Å². The highest BCUT2D eigenvalue weighted by Gasteiger charge is 2.39. The molecule has 15 heteroatoms. The number of alkyl halides is 3. The predicted octanol–water partition coefficient (Wildman–Crippen LogP) is 4.47. The Morgan fingerprint density at radius 1 is 1.07 bits per heavy atom. The van der Waals surface area contributed by atoms with Crippen molar-refractivity contribution in [1.29, 1.82) is 5.26 Å². The molecular formula is C29H19F3N8O3S. The maximum atomic E-state index is 13.8. The Morgan fingerprint density at radius 2 is 1.91 bits per heavy atom. The number of pyridine rings is 1. The minimum Gasteiger partial charge on any atom is -0.497 e. The third-order valence-corrected chi connectivity index (χ3v) is 8.68. The van der Waals surface area contributed by atoms with Gasteiger partial charge in [-0.3, -0.25) is 9.78 Å². The van der Waals surface area contributed by atoms with Gasteiger partial charge < -0.3 is 19.2 Å². The summed E-state index contributed by atoms with van der Waals surface area (Å²) in [6.45, 7) is 0.392. The van der Waals surface area contributed by atoms with Gasteiger partial charge in [0.05, 0.1) is 42.7 Å². The second kappa shape index (κ2) is 10.1. The number of nitrogens with one attached hydrogen (secondary N) is 1. The van der Waals surface area contributed by atoms with E-state index in [-0.39, 0.29) is 35.8 Å². The summed E-state index contributed by atoms with van der Waals surface area (Å²) in [5, 5.41) is 17.9. The molecule has 0 saturated carbocycles. The van der Waals surface area contributed by atoms with Crippen molar-refractivity contribution < 1.29 is 17.9 Å². The van der Waals surface area contributed by atoms with Gasteiger partial charge in [0.25, 0.3) is 5.56 Å². The lowest BCUT2D eigenvalue weighted by Gasteiger charge is -2.30. The third kappa shape index (κ3) is 4.38. The zero-order valence-corrected chi connectivity index (χ0v) is 23.5. The molecule has 0 bridgehead atoms. The summed E-state index contributed by atoms with van der Waals surface area (Å²) in [6, 6.07) is 14.1. The van der Waals surface area contributed by atoms with Crippen LogP contribution in [-0.4, -0.2) is 43.0 Å². The quantitative estimate of drug-likeness (QED) is 0.307. The summed E-state index contributed by atoms with van der Waals surface area (Å²) in [6.07, 6.45) is -1.59. The van der Waals surface area contributed by atoms with Crippen molar-refractivity contribution in [2.45, 2.75) is 19.3 Å². The van der Waals surface area contributed by atoms with E-state index in [0.29, 0.717) is 43.7 Å². The van der Waals surface area contributed by atoms with Crippen LogP contribution < -0.4 is 20.9 Å². The molecule has 6 aromatic rings. The normalized spacial score (nSPS) is 13.3. The third-order valence-electron chi connectivity index (χ3n) is 7.52. The van der Waals surface area contributed by atoms with Crippen LogP contribution in [0.4, 0.5) is 18.9 Å². The molecule has 11 nitrogen and oxygen atoms in total. The highest BCUT2D eigenvalue weighted by Crippen LogP contribution is 2.36. The van der Waals surface area contributed by atoms with E-state index in [0.717, 1.165) is 20.5 Å². The van der Waals surface area contributed by atoms with Crippen LogP contribution >= 0.6 is 11.3 Å². The number of ether oxygens (including phenoxy) is 1. The molecule has 1 N–H and O–H groups in total. The molecule has 0 saturated heterocycles. The van der Waals surface area contributed by atoms with Gasteiger partial charge in [-0.1, -0.05) is 6.07 Å². The number of benzene rings is 2. The summed E-state index contributed by atoms with van der Waals surface area (Å²) in [4.78, 5) is 36.7. The Labute approximate surface area is 249 Å². The first-order valence-electron chi connectivity index (χ1n) is 13.2. The second-order valence-electron chi connectivity index (χ2n) is 10.0. The van der Waals surface area contributed by atoms with Crippen LogP contribution in [0.15, 0.2) is 64.4 Å². The van der Waals surface area contributed by atoms with Gasteiger partial charge in [-0.2, -0.15) is 18.4 Å². The van der Waals surface area contributed by atoms with Crippen LogP contribution in [0.2, 0.25) is 0 Å². The minimum atomic E-state index is -4.60. The van der Waals surface area contributed by atoms with E-state index in [1.165, 1.54) is 13.3 Å². The van der Waals surface area contributed by atoms with Crippen molar-refractivity contribution in [2.75, 3.05) is 18.6 Å². The SMILES string of the molecule is COc1ccc(C#N)c(-c2cc3[nH]c(=O)n(-c4cncc5ccc(N6CCn7c(nnc7C(F)(F)F)C6)cc45)c(=O)c3s2)c1. The molecule has 0 aliphatic carbocycles.